The molecule has 0 fully saturated rings. The summed E-state index contributed by atoms with van der Waals surface area (Å²) in [5, 5.41) is 21.7. The minimum Gasteiger partial charge on any atom is -0.494 e. The lowest BCUT2D eigenvalue weighted by molar-refractivity contribution is -0.384. The van der Waals surface area contributed by atoms with Crippen LogP contribution >= 0.6 is 11.6 Å². The number of aromatic nitrogens is 2. The first-order valence-corrected chi connectivity index (χ1v) is 9.77. The minimum atomic E-state index is -0.641. The van der Waals surface area contributed by atoms with Crippen LogP contribution in [0, 0.1) is 10.1 Å². The molecule has 0 saturated heterocycles. The molecule has 9 nitrogen and oxygen atoms in total. The van der Waals surface area contributed by atoms with E-state index >= 15 is 0 Å². The van der Waals surface area contributed by atoms with Crippen LogP contribution in [0.15, 0.2) is 54.6 Å². The van der Waals surface area contributed by atoms with Gasteiger partial charge in [-0.3, -0.25) is 14.9 Å². The number of nitrogens with zero attached hydrogens (tertiary/aromatic N) is 3. The van der Waals surface area contributed by atoms with Crippen LogP contribution in [0.4, 0.5) is 5.69 Å². The van der Waals surface area contributed by atoms with E-state index in [0.717, 1.165) is 17.4 Å². The van der Waals surface area contributed by atoms with Gasteiger partial charge in [-0.2, -0.15) is 0 Å². The number of benzene rings is 2. The third kappa shape index (κ3) is 5.89. The zero-order valence-electron chi connectivity index (χ0n) is 16.6. The zero-order valence-corrected chi connectivity index (χ0v) is 17.3. The number of amides is 1. The Bertz CT molecular complexity index is 1060. The van der Waals surface area contributed by atoms with Crippen molar-refractivity contribution in [3.05, 3.63) is 75.3 Å². The fourth-order valence-electron chi connectivity index (χ4n) is 2.66. The zero-order chi connectivity index (χ0) is 22.2. The first-order chi connectivity index (χ1) is 15.0. The molecule has 0 bridgehead atoms. The molecule has 0 spiro atoms. The summed E-state index contributed by atoms with van der Waals surface area (Å²) in [6.45, 7) is 2.86. The Balaban J connectivity index is 1.49. The maximum atomic E-state index is 12.1. The first-order valence-electron chi connectivity index (χ1n) is 9.40. The van der Waals surface area contributed by atoms with Crippen molar-refractivity contribution in [3.63, 3.8) is 0 Å². The number of nitro benzene ring substituents is 1. The normalized spacial score (nSPS) is 10.4. The van der Waals surface area contributed by atoms with Crippen LogP contribution in [-0.4, -0.2) is 40.8 Å². The molecule has 1 amide bonds. The van der Waals surface area contributed by atoms with E-state index in [1.165, 1.54) is 12.1 Å². The molecule has 1 N–H and O–H groups in total. The second kappa shape index (κ2) is 10.4. The van der Waals surface area contributed by atoms with Gasteiger partial charge in [-0.15, -0.1) is 10.2 Å². The van der Waals surface area contributed by atoms with Gasteiger partial charge in [-0.25, -0.2) is 0 Å². The van der Waals surface area contributed by atoms with Crippen molar-refractivity contribution >= 4 is 23.2 Å². The number of ether oxygens (including phenoxy) is 2. The molecule has 0 aliphatic carbocycles. The van der Waals surface area contributed by atoms with Crippen molar-refractivity contribution in [2.45, 2.75) is 6.92 Å². The second-order valence-electron chi connectivity index (χ2n) is 6.24. The number of rotatable bonds is 9. The van der Waals surface area contributed by atoms with Gasteiger partial charge >= 0.3 is 0 Å². The Hall–Kier alpha value is -3.72. The quantitative estimate of drug-likeness (QED) is 0.303. The number of hydrogen-bond donors (Lipinski definition) is 1. The van der Waals surface area contributed by atoms with Gasteiger partial charge in [0, 0.05) is 23.3 Å². The lowest BCUT2D eigenvalue weighted by Gasteiger charge is -2.08. The lowest BCUT2D eigenvalue weighted by atomic mass is 10.1. The van der Waals surface area contributed by atoms with Crippen molar-refractivity contribution in [1.29, 1.82) is 0 Å². The fourth-order valence-corrected chi connectivity index (χ4v) is 2.84. The summed E-state index contributed by atoms with van der Waals surface area (Å²) < 4.78 is 10.9. The molecule has 3 aromatic rings. The standard InChI is InChI=1S/C21H19ClN4O5/c1-2-30-16-6-3-14(4-7-16)18-9-10-20(25-24-18)31-12-11-23-21(27)15-5-8-17(22)19(13-15)26(28)29/h3-10,13H,2,11-12H2,1H3,(H,23,27). The summed E-state index contributed by atoms with van der Waals surface area (Å²) in [6.07, 6.45) is 0. The van der Waals surface area contributed by atoms with Gasteiger partial charge in [0.05, 0.1) is 23.8 Å². The summed E-state index contributed by atoms with van der Waals surface area (Å²) in [5.74, 6) is 0.626. The molecule has 0 unspecified atom stereocenters. The van der Waals surface area contributed by atoms with Gasteiger partial charge < -0.3 is 14.8 Å². The molecule has 1 heterocycles. The number of halogens is 1. The van der Waals surface area contributed by atoms with E-state index in [1.807, 2.05) is 31.2 Å². The van der Waals surface area contributed by atoms with E-state index in [0.29, 0.717) is 18.2 Å². The molecule has 1 aromatic heterocycles. The average molecular weight is 443 g/mol. The third-order valence-corrected chi connectivity index (χ3v) is 4.46. The Morgan fingerprint density at radius 2 is 1.87 bits per heavy atom. The highest BCUT2D eigenvalue weighted by molar-refractivity contribution is 6.32. The van der Waals surface area contributed by atoms with Crippen LogP contribution in [0.2, 0.25) is 5.02 Å². The summed E-state index contributed by atoms with van der Waals surface area (Å²) in [5.41, 5.74) is 1.39. The fraction of sp³-hybridized carbons (Fsp3) is 0.190. The summed E-state index contributed by atoms with van der Waals surface area (Å²) in [4.78, 5) is 22.4. The summed E-state index contributed by atoms with van der Waals surface area (Å²) >= 11 is 5.75. The van der Waals surface area contributed by atoms with E-state index in [4.69, 9.17) is 21.1 Å². The van der Waals surface area contributed by atoms with Crippen LogP contribution in [0.1, 0.15) is 17.3 Å². The van der Waals surface area contributed by atoms with E-state index in [1.54, 1.807) is 12.1 Å². The van der Waals surface area contributed by atoms with Crippen molar-refractivity contribution in [1.82, 2.24) is 15.5 Å². The van der Waals surface area contributed by atoms with Gasteiger partial charge in [0.2, 0.25) is 5.88 Å². The van der Waals surface area contributed by atoms with Crippen LogP contribution in [-0.2, 0) is 0 Å². The highest BCUT2D eigenvalue weighted by Gasteiger charge is 2.16. The van der Waals surface area contributed by atoms with Gasteiger partial charge in [-0.05, 0) is 49.4 Å². The largest absolute Gasteiger partial charge is 0.494 e. The average Bonchev–Trinajstić information content (AvgIpc) is 2.78. The molecule has 10 heteroatoms. The molecular formula is C21H19ClN4O5. The molecule has 2 aromatic carbocycles. The topological polar surface area (TPSA) is 116 Å². The van der Waals surface area contributed by atoms with E-state index in [-0.39, 0.29) is 29.4 Å². The molecule has 0 atom stereocenters. The molecule has 0 aliphatic heterocycles. The van der Waals surface area contributed by atoms with Crippen molar-refractivity contribution < 1.29 is 19.2 Å². The SMILES string of the molecule is CCOc1ccc(-c2ccc(OCCNC(=O)c3ccc(Cl)c([N+](=O)[O-])c3)nn2)cc1. The van der Waals surface area contributed by atoms with Gasteiger partial charge in [-0.1, -0.05) is 11.6 Å². The van der Waals surface area contributed by atoms with Gasteiger partial charge in [0.1, 0.15) is 17.4 Å². The Morgan fingerprint density at radius 3 is 2.52 bits per heavy atom. The monoisotopic (exact) mass is 442 g/mol. The highest BCUT2D eigenvalue weighted by atomic mass is 35.5. The van der Waals surface area contributed by atoms with Crippen LogP contribution < -0.4 is 14.8 Å². The maximum absolute atomic E-state index is 12.1. The number of carbonyl (C=O) groups excluding carboxylic acids is 1. The maximum Gasteiger partial charge on any atom is 0.288 e. The first kappa shape index (κ1) is 22.0. The van der Waals surface area contributed by atoms with Crippen LogP contribution in [0.25, 0.3) is 11.3 Å². The molecule has 160 valence electrons. The molecular weight excluding hydrogens is 424 g/mol. The lowest BCUT2D eigenvalue weighted by Crippen LogP contribution is -2.28. The van der Waals surface area contributed by atoms with Gasteiger partial charge in [0.15, 0.2) is 0 Å². The highest BCUT2D eigenvalue weighted by Crippen LogP contribution is 2.25. The summed E-state index contributed by atoms with van der Waals surface area (Å²) in [7, 11) is 0. The third-order valence-electron chi connectivity index (χ3n) is 4.14. The smallest absolute Gasteiger partial charge is 0.288 e. The molecule has 31 heavy (non-hydrogen) atoms. The molecule has 0 aliphatic rings. The summed E-state index contributed by atoms with van der Waals surface area (Å²) in [6, 6.07) is 14.8. The molecule has 3 rings (SSSR count). The van der Waals surface area contributed by atoms with E-state index in [9.17, 15) is 14.9 Å². The second-order valence-corrected chi connectivity index (χ2v) is 6.65. The predicted octanol–water partition coefficient (Wildman–Crippen LogP) is 3.91. The van der Waals surface area contributed by atoms with E-state index in [2.05, 4.69) is 15.5 Å². The number of nitro groups is 1. The molecule has 0 saturated carbocycles. The number of nitrogens with one attached hydrogen (secondary N) is 1. The predicted molar refractivity (Wildman–Crippen MR) is 115 cm³/mol. The number of hydrogen-bond acceptors (Lipinski definition) is 7. The van der Waals surface area contributed by atoms with Crippen molar-refractivity contribution in [2.75, 3.05) is 19.8 Å². The van der Waals surface area contributed by atoms with Crippen molar-refractivity contribution in [2.24, 2.45) is 0 Å². The Morgan fingerprint density at radius 1 is 1.10 bits per heavy atom. The van der Waals surface area contributed by atoms with E-state index < -0.39 is 10.8 Å². The Kier molecular flexibility index (Phi) is 7.34. The Labute approximate surface area is 183 Å². The number of carbonyl (C=O) groups is 1. The van der Waals surface area contributed by atoms with Crippen LogP contribution in [0.3, 0.4) is 0 Å². The minimum absolute atomic E-state index is 0.0304. The van der Waals surface area contributed by atoms with Gasteiger partial charge in [0.25, 0.3) is 11.6 Å². The molecule has 0 radical (unpaired) electrons. The van der Waals surface area contributed by atoms with Crippen molar-refractivity contribution in [3.8, 4) is 22.9 Å². The van der Waals surface area contributed by atoms with Crippen LogP contribution in [0.5, 0.6) is 11.6 Å².